The Morgan fingerprint density at radius 1 is 1.21 bits per heavy atom. The second-order valence-corrected chi connectivity index (χ2v) is 4.02. The summed E-state index contributed by atoms with van der Waals surface area (Å²) in [4.78, 5) is 14.6. The van der Waals surface area contributed by atoms with Crippen molar-refractivity contribution in [2.24, 2.45) is 0 Å². The molecule has 2 N–H and O–H groups in total. The summed E-state index contributed by atoms with van der Waals surface area (Å²) in [6.45, 7) is 0. The Morgan fingerprint density at radius 2 is 2.00 bits per heavy atom. The molecule has 3 aromatic rings. The highest BCUT2D eigenvalue weighted by atomic mass is 16.6. The lowest BCUT2D eigenvalue weighted by Crippen LogP contribution is -1.95. The van der Waals surface area contributed by atoms with Crippen LogP contribution in [0.5, 0.6) is 0 Å². The maximum absolute atomic E-state index is 10.9. The normalized spacial score (nSPS) is 10.7. The molecule has 0 amide bonds. The van der Waals surface area contributed by atoms with E-state index in [1.165, 1.54) is 12.1 Å². The molecule has 0 unspecified atom stereocenters. The van der Waals surface area contributed by atoms with E-state index in [4.69, 9.17) is 10.2 Å². The average Bonchev–Trinajstić information content (AvgIpc) is 2.82. The number of nitro groups is 1. The first-order valence-electron chi connectivity index (χ1n) is 5.55. The Bertz CT molecular complexity index is 747. The van der Waals surface area contributed by atoms with Crippen LogP contribution in [0.25, 0.3) is 22.6 Å². The molecule has 0 saturated carbocycles. The molecule has 94 valence electrons. The quantitative estimate of drug-likeness (QED) is 0.431. The van der Waals surface area contributed by atoms with Crippen molar-refractivity contribution in [3.63, 3.8) is 0 Å². The zero-order chi connectivity index (χ0) is 13.4. The second kappa shape index (κ2) is 4.09. The molecule has 6 heteroatoms. The number of hydrogen-bond donors (Lipinski definition) is 1. The van der Waals surface area contributed by atoms with E-state index in [1.54, 1.807) is 12.1 Å². The first-order chi connectivity index (χ1) is 9.15. The van der Waals surface area contributed by atoms with Gasteiger partial charge >= 0.3 is 0 Å². The van der Waals surface area contributed by atoms with Crippen molar-refractivity contribution in [2.75, 3.05) is 5.73 Å². The van der Waals surface area contributed by atoms with E-state index in [1.807, 2.05) is 18.2 Å². The molecule has 0 atom stereocenters. The van der Waals surface area contributed by atoms with Crippen molar-refractivity contribution in [3.05, 3.63) is 52.6 Å². The predicted octanol–water partition coefficient (Wildman–Crippen LogP) is 2.99. The van der Waals surface area contributed by atoms with E-state index in [0.717, 1.165) is 0 Å². The van der Waals surface area contributed by atoms with Gasteiger partial charge in [0.25, 0.3) is 5.69 Å². The zero-order valence-electron chi connectivity index (χ0n) is 9.74. The maximum atomic E-state index is 10.9. The standard InChI is InChI=1S/C13H9N3O3/c14-9-6-5-8(7-11(9)16(17)18)13-15-10-3-1-2-4-12(10)19-13/h1-7H,14H2. The van der Waals surface area contributed by atoms with E-state index in [2.05, 4.69) is 4.98 Å². The summed E-state index contributed by atoms with van der Waals surface area (Å²) in [5, 5.41) is 10.9. The lowest BCUT2D eigenvalue weighted by molar-refractivity contribution is -0.383. The molecular weight excluding hydrogens is 246 g/mol. The molecule has 0 aliphatic heterocycles. The highest BCUT2D eigenvalue weighted by Gasteiger charge is 2.15. The molecular formula is C13H9N3O3. The van der Waals surface area contributed by atoms with Crippen molar-refractivity contribution in [3.8, 4) is 11.5 Å². The fourth-order valence-corrected chi connectivity index (χ4v) is 1.83. The van der Waals surface area contributed by atoms with Crippen LogP contribution in [0.15, 0.2) is 46.9 Å². The van der Waals surface area contributed by atoms with Crippen LogP contribution in [-0.2, 0) is 0 Å². The van der Waals surface area contributed by atoms with Crippen molar-refractivity contribution in [1.29, 1.82) is 0 Å². The summed E-state index contributed by atoms with van der Waals surface area (Å²) in [6, 6.07) is 11.8. The molecule has 0 fully saturated rings. The Labute approximate surface area is 107 Å². The number of nitrogens with zero attached hydrogens (tertiary/aromatic N) is 2. The topological polar surface area (TPSA) is 95.2 Å². The molecule has 0 aliphatic carbocycles. The SMILES string of the molecule is Nc1ccc(-c2nc3ccccc3o2)cc1[N+](=O)[O-]. The van der Waals surface area contributed by atoms with Crippen LogP contribution in [0.2, 0.25) is 0 Å². The number of oxazole rings is 1. The molecule has 0 saturated heterocycles. The number of para-hydroxylation sites is 2. The average molecular weight is 255 g/mol. The molecule has 3 rings (SSSR count). The number of rotatable bonds is 2. The number of aromatic nitrogens is 1. The minimum atomic E-state index is -0.526. The van der Waals surface area contributed by atoms with E-state index in [9.17, 15) is 10.1 Å². The second-order valence-electron chi connectivity index (χ2n) is 4.02. The Balaban J connectivity index is 2.16. The van der Waals surface area contributed by atoms with Gasteiger partial charge < -0.3 is 10.2 Å². The number of benzene rings is 2. The first kappa shape index (κ1) is 11.2. The number of nitrogen functional groups attached to an aromatic ring is 1. The van der Waals surface area contributed by atoms with Gasteiger partial charge in [0.05, 0.1) is 4.92 Å². The number of nitro benzene ring substituents is 1. The van der Waals surface area contributed by atoms with E-state index in [0.29, 0.717) is 22.6 Å². The molecule has 1 heterocycles. The Morgan fingerprint density at radius 3 is 2.74 bits per heavy atom. The molecule has 19 heavy (non-hydrogen) atoms. The van der Waals surface area contributed by atoms with Gasteiger partial charge in [-0.25, -0.2) is 4.98 Å². The van der Waals surface area contributed by atoms with Crippen LogP contribution in [-0.4, -0.2) is 9.91 Å². The van der Waals surface area contributed by atoms with Gasteiger partial charge in [-0.1, -0.05) is 12.1 Å². The van der Waals surface area contributed by atoms with E-state index >= 15 is 0 Å². The summed E-state index contributed by atoms with van der Waals surface area (Å²) in [7, 11) is 0. The lowest BCUT2D eigenvalue weighted by Gasteiger charge is -1.99. The molecule has 1 aromatic heterocycles. The molecule has 0 radical (unpaired) electrons. The van der Waals surface area contributed by atoms with Crippen LogP contribution in [0.4, 0.5) is 11.4 Å². The minimum Gasteiger partial charge on any atom is -0.436 e. The summed E-state index contributed by atoms with van der Waals surface area (Å²) in [5.41, 5.74) is 7.38. The highest BCUT2D eigenvalue weighted by molar-refractivity contribution is 5.77. The van der Waals surface area contributed by atoms with Gasteiger partial charge in [0.2, 0.25) is 5.89 Å². The smallest absolute Gasteiger partial charge is 0.292 e. The number of anilines is 1. The Hall–Kier alpha value is -2.89. The third kappa shape index (κ3) is 1.89. The summed E-state index contributed by atoms with van der Waals surface area (Å²) >= 11 is 0. The summed E-state index contributed by atoms with van der Waals surface area (Å²) in [6.07, 6.45) is 0. The van der Waals surface area contributed by atoms with Crippen LogP contribution in [0.1, 0.15) is 0 Å². The molecule has 0 aliphatic rings. The van der Waals surface area contributed by atoms with Gasteiger partial charge in [-0.3, -0.25) is 10.1 Å². The number of hydrogen-bond acceptors (Lipinski definition) is 5. The van der Waals surface area contributed by atoms with Crippen LogP contribution >= 0.6 is 0 Å². The van der Waals surface area contributed by atoms with Gasteiger partial charge in [-0.15, -0.1) is 0 Å². The molecule has 2 aromatic carbocycles. The third-order valence-corrected chi connectivity index (χ3v) is 2.77. The highest BCUT2D eigenvalue weighted by Crippen LogP contribution is 2.30. The lowest BCUT2D eigenvalue weighted by atomic mass is 10.2. The first-order valence-corrected chi connectivity index (χ1v) is 5.55. The van der Waals surface area contributed by atoms with Crippen molar-refractivity contribution >= 4 is 22.5 Å². The van der Waals surface area contributed by atoms with Gasteiger partial charge in [-0.05, 0) is 24.3 Å². The molecule has 0 bridgehead atoms. The van der Waals surface area contributed by atoms with Gasteiger partial charge in [0.15, 0.2) is 5.58 Å². The minimum absolute atomic E-state index is 0.116. The van der Waals surface area contributed by atoms with Crippen molar-refractivity contribution < 1.29 is 9.34 Å². The largest absolute Gasteiger partial charge is 0.436 e. The van der Waals surface area contributed by atoms with Gasteiger partial charge in [-0.2, -0.15) is 0 Å². The van der Waals surface area contributed by atoms with Crippen LogP contribution in [0.3, 0.4) is 0 Å². The fraction of sp³-hybridized carbons (Fsp3) is 0. The fourth-order valence-electron chi connectivity index (χ4n) is 1.83. The maximum Gasteiger partial charge on any atom is 0.292 e. The van der Waals surface area contributed by atoms with Gasteiger partial charge in [0.1, 0.15) is 11.2 Å². The van der Waals surface area contributed by atoms with Gasteiger partial charge in [0, 0.05) is 11.6 Å². The number of nitrogens with two attached hydrogens (primary N) is 1. The summed E-state index contributed by atoms with van der Waals surface area (Å²) in [5.74, 6) is 0.337. The zero-order valence-corrected chi connectivity index (χ0v) is 9.74. The number of fused-ring (bicyclic) bond motifs is 1. The van der Waals surface area contributed by atoms with E-state index in [-0.39, 0.29) is 11.4 Å². The summed E-state index contributed by atoms with van der Waals surface area (Å²) < 4.78 is 5.55. The monoisotopic (exact) mass is 255 g/mol. The third-order valence-electron chi connectivity index (χ3n) is 2.77. The van der Waals surface area contributed by atoms with Crippen molar-refractivity contribution in [2.45, 2.75) is 0 Å². The molecule has 6 nitrogen and oxygen atoms in total. The van der Waals surface area contributed by atoms with Crippen LogP contribution in [0, 0.1) is 10.1 Å². The molecule has 0 spiro atoms. The Kier molecular flexibility index (Phi) is 2.42. The van der Waals surface area contributed by atoms with Crippen LogP contribution < -0.4 is 5.73 Å². The van der Waals surface area contributed by atoms with Crippen molar-refractivity contribution in [1.82, 2.24) is 4.98 Å². The predicted molar refractivity (Wildman–Crippen MR) is 70.5 cm³/mol. The van der Waals surface area contributed by atoms with E-state index < -0.39 is 4.92 Å².